The van der Waals surface area contributed by atoms with Crippen molar-refractivity contribution in [2.24, 2.45) is 0 Å². The van der Waals surface area contributed by atoms with Crippen molar-refractivity contribution in [1.29, 1.82) is 0 Å². The summed E-state index contributed by atoms with van der Waals surface area (Å²) in [5, 5.41) is 0. The van der Waals surface area contributed by atoms with Crippen molar-refractivity contribution in [2.75, 3.05) is 13.2 Å². The van der Waals surface area contributed by atoms with Gasteiger partial charge in [0.15, 0.2) is 0 Å². The number of hydrogen-bond acceptors (Lipinski definition) is 1. The van der Waals surface area contributed by atoms with Crippen LogP contribution in [0.25, 0.3) is 0 Å². The molecule has 1 aromatic rings. The Kier molecular flexibility index (Phi) is 6.27. The summed E-state index contributed by atoms with van der Waals surface area (Å²) in [4.78, 5) is 0. The van der Waals surface area contributed by atoms with Gasteiger partial charge in [-0.3, -0.25) is 5.73 Å². The molecule has 0 unspecified atom stereocenters. The molecular formula is C19H32NO. The van der Waals surface area contributed by atoms with E-state index in [1.807, 2.05) is 0 Å². The Hall–Kier alpha value is -1.02. The second kappa shape index (κ2) is 7.31. The molecule has 0 heterocycles. The number of nitrogens with one attached hydrogen (secondary N) is 1. The molecule has 0 aliphatic heterocycles. The maximum atomic E-state index is 7.24. The minimum atomic E-state index is 0.107. The maximum Gasteiger partial charge on any atom is 0.123 e. The average Bonchev–Trinajstić information content (AvgIpc) is 2.47. The maximum absolute atomic E-state index is 7.24. The molecule has 0 saturated heterocycles. The van der Waals surface area contributed by atoms with E-state index in [-0.39, 0.29) is 10.8 Å². The molecule has 0 bridgehead atoms. The molecule has 21 heavy (non-hydrogen) atoms. The van der Waals surface area contributed by atoms with E-state index >= 15 is 0 Å². The van der Waals surface area contributed by atoms with Gasteiger partial charge in [0.25, 0.3) is 0 Å². The Bertz CT molecular complexity index is 449. The molecular weight excluding hydrogens is 258 g/mol. The fourth-order valence-electron chi connectivity index (χ4n) is 2.25. The normalized spacial score (nSPS) is 12.5. The molecule has 0 amide bonds. The first-order chi connectivity index (χ1) is 9.78. The van der Waals surface area contributed by atoms with Crippen molar-refractivity contribution in [3.8, 4) is 5.75 Å². The lowest BCUT2D eigenvalue weighted by molar-refractivity contribution is 0.301. The summed E-state index contributed by atoms with van der Waals surface area (Å²) in [6.45, 7) is 14.7. The van der Waals surface area contributed by atoms with Crippen molar-refractivity contribution < 1.29 is 4.74 Å². The molecule has 0 aliphatic rings. The summed E-state index contributed by atoms with van der Waals surface area (Å²) in [7, 11) is 0. The van der Waals surface area contributed by atoms with E-state index in [0.29, 0.717) is 13.2 Å². The highest BCUT2D eigenvalue weighted by molar-refractivity contribution is 5.44. The fourth-order valence-corrected chi connectivity index (χ4v) is 2.25. The van der Waals surface area contributed by atoms with Crippen LogP contribution in [0.4, 0.5) is 0 Å². The third kappa shape index (κ3) is 4.47. The summed E-state index contributed by atoms with van der Waals surface area (Å²) in [6, 6.07) is 6.67. The van der Waals surface area contributed by atoms with Crippen LogP contribution in [0.5, 0.6) is 5.75 Å². The topological polar surface area (TPSA) is 33.0 Å². The molecule has 119 valence electrons. The van der Waals surface area contributed by atoms with Crippen molar-refractivity contribution in [3.63, 3.8) is 0 Å². The number of rotatable bonds is 8. The van der Waals surface area contributed by atoms with Crippen molar-refractivity contribution >= 4 is 0 Å². The minimum Gasteiger partial charge on any atom is -0.493 e. The molecule has 1 radical (unpaired) electrons. The Morgan fingerprint density at radius 2 is 1.62 bits per heavy atom. The molecule has 0 aliphatic carbocycles. The van der Waals surface area contributed by atoms with Crippen LogP contribution in [0.1, 0.15) is 71.9 Å². The third-order valence-corrected chi connectivity index (χ3v) is 4.84. The lowest BCUT2D eigenvalue weighted by Gasteiger charge is -2.30. The summed E-state index contributed by atoms with van der Waals surface area (Å²) >= 11 is 0. The first kappa shape index (κ1) is 18.0. The third-order valence-electron chi connectivity index (χ3n) is 4.84. The Morgan fingerprint density at radius 1 is 1.00 bits per heavy atom. The van der Waals surface area contributed by atoms with Crippen molar-refractivity contribution in [3.05, 3.63) is 29.3 Å². The van der Waals surface area contributed by atoms with Gasteiger partial charge in [0.1, 0.15) is 5.75 Å². The zero-order chi connectivity index (χ0) is 16.1. The Balaban J connectivity index is 3.20. The van der Waals surface area contributed by atoms with Crippen LogP contribution in [0.15, 0.2) is 18.2 Å². The van der Waals surface area contributed by atoms with E-state index in [0.717, 1.165) is 25.0 Å². The number of ether oxygens (including phenoxy) is 1. The first-order valence-electron chi connectivity index (χ1n) is 8.21. The molecule has 0 saturated carbocycles. The van der Waals surface area contributed by atoms with Crippen LogP contribution in [-0.4, -0.2) is 13.2 Å². The van der Waals surface area contributed by atoms with E-state index < -0.39 is 0 Å². The molecule has 1 rings (SSSR count). The fraction of sp³-hybridized carbons (Fsp3) is 0.684. The molecule has 2 heteroatoms. The SMILES string of the molecule is CCC(C)(C)c1ccc(OCCC[NH])c(C(C)(C)CC)c1. The lowest BCUT2D eigenvalue weighted by atomic mass is 9.76. The second-order valence-electron chi connectivity index (χ2n) is 7.14. The van der Waals surface area contributed by atoms with E-state index in [4.69, 9.17) is 10.5 Å². The Labute approximate surface area is 131 Å². The van der Waals surface area contributed by atoms with Gasteiger partial charge >= 0.3 is 0 Å². The van der Waals surface area contributed by atoms with Gasteiger partial charge < -0.3 is 4.74 Å². The van der Waals surface area contributed by atoms with Gasteiger partial charge in [0.2, 0.25) is 0 Å². The summed E-state index contributed by atoms with van der Waals surface area (Å²) in [5.41, 5.74) is 10.2. The molecule has 0 fully saturated rings. The smallest absolute Gasteiger partial charge is 0.123 e. The highest BCUT2D eigenvalue weighted by atomic mass is 16.5. The van der Waals surface area contributed by atoms with Crippen LogP contribution in [-0.2, 0) is 10.8 Å². The lowest BCUT2D eigenvalue weighted by Crippen LogP contribution is -2.21. The van der Waals surface area contributed by atoms with Crippen LogP contribution in [0.3, 0.4) is 0 Å². The van der Waals surface area contributed by atoms with Crippen LogP contribution < -0.4 is 10.5 Å². The summed E-state index contributed by atoms with van der Waals surface area (Å²) in [6.07, 6.45) is 2.99. The molecule has 1 N–H and O–H groups in total. The van der Waals surface area contributed by atoms with Crippen molar-refractivity contribution in [1.82, 2.24) is 5.73 Å². The van der Waals surface area contributed by atoms with Gasteiger partial charge in [-0.05, 0) is 41.7 Å². The predicted molar refractivity (Wildman–Crippen MR) is 91.2 cm³/mol. The molecule has 0 aromatic heterocycles. The van der Waals surface area contributed by atoms with E-state index in [9.17, 15) is 0 Å². The van der Waals surface area contributed by atoms with Gasteiger partial charge in [-0.2, -0.15) is 0 Å². The quantitative estimate of drug-likeness (QED) is 0.612. The van der Waals surface area contributed by atoms with Gasteiger partial charge in [-0.1, -0.05) is 53.7 Å². The summed E-state index contributed by atoms with van der Waals surface area (Å²) in [5.74, 6) is 0.992. The van der Waals surface area contributed by atoms with E-state index in [2.05, 4.69) is 59.7 Å². The second-order valence-corrected chi connectivity index (χ2v) is 7.14. The van der Waals surface area contributed by atoms with Gasteiger partial charge in [-0.25, -0.2) is 0 Å². The van der Waals surface area contributed by atoms with Gasteiger partial charge in [-0.15, -0.1) is 0 Å². The average molecular weight is 290 g/mol. The monoisotopic (exact) mass is 290 g/mol. The van der Waals surface area contributed by atoms with E-state index in [1.54, 1.807) is 0 Å². The number of benzene rings is 1. The van der Waals surface area contributed by atoms with Gasteiger partial charge in [0, 0.05) is 12.1 Å². The highest BCUT2D eigenvalue weighted by Crippen LogP contribution is 2.38. The highest BCUT2D eigenvalue weighted by Gasteiger charge is 2.26. The zero-order valence-electron chi connectivity index (χ0n) is 14.7. The van der Waals surface area contributed by atoms with Gasteiger partial charge in [0.05, 0.1) is 6.61 Å². The Morgan fingerprint density at radius 3 is 2.14 bits per heavy atom. The minimum absolute atomic E-state index is 0.107. The van der Waals surface area contributed by atoms with Crippen LogP contribution in [0.2, 0.25) is 0 Å². The molecule has 0 spiro atoms. The predicted octanol–water partition coefficient (Wildman–Crippen LogP) is 5.11. The van der Waals surface area contributed by atoms with Crippen LogP contribution in [0, 0.1) is 0 Å². The molecule has 0 atom stereocenters. The zero-order valence-corrected chi connectivity index (χ0v) is 14.7. The largest absolute Gasteiger partial charge is 0.493 e. The summed E-state index contributed by atoms with van der Waals surface area (Å²) < 4.78 is 5.95. The standard InChI is InChI=1S/C19H32NO/c1-7-18(3,4)15-10-11-17(21-13-9-12-20)16(14-15)19(5,6)8-2/h10-11,14,20H,7-9,12-13H2,1-6H3. The first-order valence-corrected chi connectivity index (χ1v) is 8.21. The van der Waals surface area contributed by atoms with Crippen molar-refractivity contribution in [2.45, 2.75) is 71.6 Å². The van der Waals surface area contributed by atoms with Crippen LogP contribution >= 0.6 is 0 Å². The number of hydrogen-bond donors (Lipinski definition) is 0. The molecule has 1 aromatic carbocycles. The van der Waals surface area contributed by atoms with E-state index in [1.165, 1.54) is 11.1 Å². The molecule has 2 nitrogen and oxygen atoms in total.